The summed E-state index contributed by atoms with van der Waals surface area (Å²) in [5.74, 6) is -1.25. The Bertz CT molecular complexity index is 521. The molecule has 6 heteroatoms. The number of fused-ring (bicyclic) bond motifs is 1. The second-order valence-electron chi connectivity index (χ2n) is 4.67. The topological polar surface area (TPSA) is 75.7 Å². The van der Waals surface area contributed by atoms with Gasteiger partial charge in [0.05, 0.1) is 17.7 Å². The average molecular weight is 276 g/mol. The molecule has 1 atom stereocenters. The number of methoxy groups -OCH3 is 1. The lowest BCUT2D eigenvalue weighted by Gasteiger charge is -2.16. The maximum atomic E-state index is 12.1. The van der Waals surface area contributed by atoms with Crippen molar-refractivity contribution in [3.05, 3.63) is 35.4 Å². The molecule has 0 aromatic heterocycles. The van der Waals surface area contributed by atoms with Gasteiger partial charge in [-0.3, -0.25) is 19.3 Å². The molecule has 20 heavy (non-hydrogen) atoms. The Morgan fingerprint density at radius 3 is 2.30 bits per heavy atom. The average Bonchev–Trinajstić information content (AvgIpc) is 2.65. The molecule has 1 aliphatic heterocycles. The summed E-state index contributed by atoms with van der Waals surface area (Å²) in [5.41, 5.74) is 0.686. The summed E-state index contributed by atoms with van der Waals surface area (Å²) in [5, 5.41) is 2.67. The molecule has 1 aromatic carbocycles. The van der Waals surface area contributed by atoms with Crippen LogP contribution < -0.4 is 5.32 Å². The van der Waals surface area contributed by atoms with E-state index in [4.69, 9.17) is 4.74 Å². The van der Waals surface area contributed by atoms with Crippen LogP contribution in [0.1, 0.15) is 27.6 Å². The summed E-state index contributed by atoms with van der Waals surface area (Å²) in [6.07, 6.45) is 0. The number of amides is 3. The summed E-state index contributed by atoms with van der Waals surface area (Å²) in [4.78, 5) is 36.9. The lowest BCUT2D eigenvalue weighted by molar-refractivity contribution is -0.122. The molecule has 0 aliphatic carbocycles. The number of carbonyl (C=O) groups is 3. The van der Waals surface area contributed by atoms with Crippen LogP contribution in [0.2, 0.25) is 0 Å². The van der Waals surface area contributed by atoms with Crippen molar-refractivity contribution < 1.29 is 19.1 Å². The maximum absolute atomic E-state index is 12.1. The van der Waals surface area contributed by atoms with Crippen LogP contribution in [0.4, 0.5) is 0 Å². The van der Waals surface area contributed by atoms with E-state index in [1.54, 1.807) is 31.2 Å². The number of rotatable bonds is 5. The molecule has 0 spiro atoms. The van der Waals surface area contributed by atoms with E-state index < -0.39 is 11.8 Å². The van der Waals surface area contributed by atoms with Gasteiger partial charge in [0.2, 0.25) is 5.91 Å². The molecular formula is C14H16N2O4. The van der Waals surface area contributed by atoms with Gasteiger partial charge in [0, 0.05) is 13.2 Å². The van der Waals surface area contributed by atoms with Crippen molar-refractivity contribution in [1.82, 2.24) is 10.2 Å². The molecule has 0 saturated heterocycles. The molecular weight excluding hydrogens is 260 g/mol. The lowest BCUT2D eigenvalue weighted by atomic mass is 10.1. The van der Waals surface area contributed by atoms with Crippen LogP contribution in [-0.4, -0.2) is 48.9 Å². The molecule has 106 valence electrons. The minimum Gasteiger partial charge on any atom is -0.383 e. The molecule has 1 heterocycles. The van der Waals surface area contributed by atoms with E-state index in [0.717, 1.165) is 4.90 Å². The molecule has 3 amide bonds. The third kappa shape index (κ3) is 2.70. The first-order valence-corrected chi connectivity index (χ1v) is 6.28. The van der Waals surface area contributed by atoms with E-state index >= 15 is 0 Å². The fourth-order valence-corrected chi connectivity index (χ4v) is 2.14. The van der Waals surface area contributed by atoms with Crippen LogP contribution in [0.3, 0.4) is 0 Å². The van der Waals surface area contributed by atoms with Gasteiger partial charge in [-0.2, -0.15) is 0 Å². The summed E-state index contributed by atoms with van der Waals surface area (Å²) >= 11 is 0. The molecule has 0 bridgehead atoms. The summed E-state index contributed by atoms with van der Waals surface area (Å²) in [6, 6.07) is 6.37. The highest BCUT2D eigenvalue weighted by Crippen LogP contribution is 2.21. The van der Waals surface area contributed by atoms with Gasteiger partial charge < -0.3 is 10.1 Å². The van der Waals surface area contributed by atoms with Crippen LogP contribution in [-0.2, 0) is 9.53 Å². The second kappa shape index (κ2) is 5.83. The molecule has 0 saturated carbocycles. The molecule has 1 N–H and O–H groups in total. The first-order chi connectivity index (χ1) is 9.54. The van der Waals surface area contributed by atoms with Crippen molar-refractivity contribution >= 4 is 17.7 Å². The minimum atomic E-state index is -0.430. The third-order valence-corrected chi connectivity index (χ3v) is 3.00. The van der Waals surface area contributed by atoms with Crippen LogP contribution >= 0.6 is 0 Å². The third-order valence-electron chi connectivity index (χ3n) is 3.00. The first kappa shape index (κ1) is 14.2. The molecule has 1 aliphatic rings. The van der Waals surface area contributed by atoms with E-state index in [1.165, 1.54) is 7.11 Å². The Morgan fingerprint density at radius 2 is 1.80 bits per heavy atom. The normalized spacial score (nSPS) is 15.2. The van der Waals surface area contributed by atoms with Crippen LogP contribution in [0.15, 0.2) is 24.3 Å². The zero-order valence-electron chi connectivity index (χ0n) is 11.4. The summed E-state index contributed by atoms with van der Waals surface area (Å²) in [6.45, 7) is 1.87. The highest BCUT2D eigenvalue weighted by atomic mass is 16.5. The number of imide groups is 1. The van der Waals surface area contributed by atoms with Gasteiger partial charge in [-0.25, -0.2) is 0 Å². The molecule has 1 aromatic rings. The smallest absolute Gasteiger partial charge is 0.262 e. The van der Waals surface area contributed by atoms with Gasteiger partial charge in [0.25, 0.3) is 11.8 Å². The Balaban J connectivity index is 2.04. The fourth-order valence-electron chi connectivity index (χ4n) is 2.14. The number of hydrogen-bond acceptors (Lipinski definition) is 4. The Hall–Kier alpha value is -2.21. The number of benzene rings is 1. The van der Waals surface area contributed by atoms with Crippen LogP contribution in [0, 0.1) is 0 Å². The number of ether oxygens (including phenoxy) is 1. The number of carbonyl (C=O) groups excluding carboxylic acids is 3. The van der Waals surface area contributed by atoms with Crippen molar-refractivity contribution in [3.8, 4) is 0 Å². The highest BCUT2D eigenvalue weighted by Gasteiger charge is 2.36. The summed E-state index contributed by atoms with van der Waals surface area (Å²) < 4.78 is 4.91. The zero-order valence-corrected chi connectivity index (χ0v) is 11.4. The van der Waals surface area contributed by atoms with Crippen LogP contribution in [0.25, 0.3) is 0 Å². The Labute approximate surface area is 116 Å². The standard InChI is InChI=1S/C14H16N2O4/c1-9(8-20-2)15-12(17)7-16-13(18)10-5-3-4-6-11(10)14(16)19/h3-6,9H,7-8H2,1-2H3,(H,15,17)/t9-/m0/s1. The van der Waals surface area contributed by atoms with Crippen molar-refractivity contribution in [1.29, 1.82) is 0 Å². The molecule has 0 unspecified atom stereocenters. The predicted octanol–water partition coefficient (Wildman–Crippen LogP) is 0.434. The lowest BCUT2D eigenvalue weighted by Crippen LogP contribution is -2.44. The highest BCUT2D eigenvalue weighted by molar-refractivity contribution is 6.22. The van der Waals surface area contributed by atoms with Gasteiger partial charge in [-0.1, -0.05) is 12.1 Å². The zero-order chi connectivity index (χ0) is 14.7. The Kier molecular flexibility index (Phi) is 4.14. The predicted molar refractivity (Wildman–Crippen MR) is 71.3 cm³/mol. The van der Waals surface area contributed by atoms with E-state index in [0.29, 0.717) is 17.7 Å². The van der Waals surface area contributed by atoms with Gasteiger partial charge in [-0.15, -0.1) is 0 Å². The molecule has 0 radical (unpaired) electrons. The van der Waals surface area contributed by atoms with Crippen molar-refractivity contribution in [3.63, 3.8) is 0 Å². The van der Waals surface area contributed by atoms with E-state index in [-0.39, 0.29) is 18.5 Å². The SMILES string of the molecule is COC[C@H](C)NC(=O)CN1C(=O)c2ccccc2C1=O. The molecule has 2 rings (SSSR count). The molecule has 6 nitrogen and oxygen atoms in total. The number of hydrogen-bond donors (Lipinski definition) is 1. The van der Waals surface area contributed by atoms with E-state index in [9.17, 15) is 14.4 Å². The van der Waals surface area contributed by atoms with Crippen molar-refractivity contribution in [2.45, 2.75) is 13.0 Å². The molecule has 0 fully saturated rings. The van der Waals surface area contributed by atoms with Crippen molar-refractivity contribution in [2.75, 3.05) is 20.3 Å². The van der Waals surface area contributed by atoms with Crippen molar-refractivity contribution in [2.24, 2.45) is 0 Å². The van der Waals surface area contributed by atoms with E-state index in [2.05, 4.69) is 5.32 Å². The van der Waals surface area contributed by atoms with Gasteiger partial charge in [0.1, 0.15) is 6.54 Å². The van der Waals surface area contributed by atoms with Gasteiger partial charge in [-0.05, 0) is 19.1 Å². The van der Waals surface area contributed by atoms with Gasteiger partial charge in [0.15, 0.2) is 0 Å². The summed E-state index contributed by atoms with van der Waals surface area (Å²) in [7, 11) is 1.53. The van der Waals surface area contributed by atoms with Gasteiger partial charge >= 0.3 is 0 Å². The minimum absolute atomic E-state index is 0.178. The number of nitrogens with one attached hydrogen (secondary N) is 1. The fraction of sp³-hybridized carbons (Fsp3) is 0.357. The van der Waals surface area contributed by atoms with Crippen LogP contribution in [0.5, 0.6) is 0 Å². The monoisotopic (exact) mass is 276 g/mol. The number of nitrogens with zero attached hydrogens (tertiary/aromatic N) is 1. The van der Waals surface area contributed by atoms with E-state index in [1.807, 2.05) is 0 Å². The first-order valence-electron chi connectivity index (χ1n) is 6.28. The maximum Gasteiger partial charge on any atom is 0.262 e. The largest absolute Gasteiger partial charge is 0.383 e. The second-order valence-corrected chi connectivity index (χ2v) is 4.67. The Morgan fingerprint density at radius 1 is 1.25 bits per heavy atom. The quantitative estimate of drug-likeness (QED) is 0.791.